The van der Waals surface area contributed by atoms with Gasteiger partial charge >= 0.3 is 0 Å². The molecule has 0 aliphatic heterocycles. The van der Waals surface area contributed by atoms with Crippen LogP contribution in [0.5, 0.6) is 0 Å². The zero-order chi connectivity index (χ0) is 7.73. The maximum Gasteiger partial charge on any atom is 0.115 e. The molecule has 0 amide bonds. The third-order valence-electron chi connectivity index (χ3n) is 2.38. The Labute approximate surface area is 85.2 Å². The molecule has 1 heterocycles. The molecule has 2 rings (SSSR count). The van der Waals surface area contributed by atoms with Gasteiger partial charge in [0.2, 0.25) is 0 Å². The van der Waals surface area contributed by atoms with Crippen molar-refractivity contribution in [1.82, 2.24) is 9.97 Å². The van der Waals surface area contributed by atoms with Crippen LogP contribution in [0.25, 0.3) is 0 Å². The molecule has 0 atom stereocenters. The minimum Gasteiger partial charge on any atom is -0.321 e. The summed E-state index contributed by atoms with van der Waals surface area (Å²) >= 11 is 0. The van der Waals surface area contributed by atoms with Gasteiger partial charge in [-0.1, -0.05) is 7.43 Å². The molecule has 74 valence electrons. The van der Waals surface area contributed by atoms with Crippen LogP contribution in [0.3, 0.4) is 0 Å². The van der Waals surface area contributed by atoms with Crippen molar-refractivity contribution < 1.29 is 0 Å². The van der Waals surface area contributed by atoms with E-state index in [9.17, 15) is 0 Å². The molecule has 1 saturated carbocycles. The Balaban J connectivity index is 0.000000720. The van der Waals surface area contributed by atoms with Gasteiger partial charge < -0.3 is 5.73 Å². The van der Waals surface area contributed by atoms with E-state index in [4.69, 9.17) is 5.73 Å². The standard InChI is InChI=1S/C8H11N3.CH4.ClH/c9-8(2-1-3-8)7-4-10-6-11-5-7;;/h4-6H,1-3,9H2;1H4;1H. The predicted octanol–water partition coefficient (Wildman–Crippen LogP) is 1.87. The van der Waals surface area contributed by atoms with Gasteiger partial charge in [-0.05, 0) is 19.3 Å². The summed E-state index contributed by atoms with van der Waals surface area (Å²) in [7, 11) is 0. The highest BCUT2D eigenvalue weighted by Gasteiger charge is 2.34. The van der Waals surface area contributed by atoms with Crippen LogP contribution in [0.15, 0.2) is 18.7 Å². The molecule has 13 heavy (non-hydrogen) atoms. The largest absolute Gasteiger partial charge is 0.321 e. The van der Waals surface area contributed by atoms with Crippen molar-refractivity contribution in [2.75, 3.05) is 0 Å². The van der Waals surface area contributed by atoms with Crippen molar-refractivity contribution in [2.24, 2.45) is 5.73 Å². The first-order chi connectivity index (χ1) is 5.31. The van der Waals surface area contributed by atoms with Crippen LogP contribution < -0.4 is 5.73 Å². The average Bonchev–Trinajstić information content (AvgIpc) is 2.02. The number of hydrogen-bond acceptors (Lipinski definition) is 3. The van der Waals surface area contributed by atoms with E-state index >= 15 is 0 Å². The van der Waals surface area contributed by atoms with E-state index in [0.29, 0.717) is 0 Å². The molecule has 0 saturated heterocycles. The molecule has 1 aliphatic rings. The number of aromatic nitrogens is 2. The second-order valence-electron chi connectivity index (χ2n) is 3.14. The van der Waals surface area contributed by atoms with Crippen molar-refractivity contribution in [2.45, 2.75) is 32.2 Å². The Morgan fingerprint density at radius 2 is 1.77 bits per heavy atom. The maximum atomic E-state index is 6.04. The molecule has 1 aromatic rings. The lowest BCUT2D eigenvalue weighted by atomic mass is 9.74. The number of rotatable bonds is 1. The lowest BCUT2D eigenvalue weighted by Gasteiger charge is -2.37. The summed E-state index contributed by atoms with van der Waals surface area (Å²) in [5.41, 5.74) is 7.01. The van der Waals surface area contributed by atoms with Gasteiger partial charge in [-0.3, -0.25) is 0 Å². The van der Waals surface area contributed by atoms with E-state index in [1.165, 1.54) is 12.7 Å². The first-order valence-corrected chi connectivity index (χ1v) is 3.86. The minimum absolute atomic E-state index is 0. The van der Waals surface area contributed by atoms with E-state index in [1.54, 1.807) is 0 Å². The highest BCUT2D eigenvalue weighted by molar-refractivity contribution is 5.85. The fourth-order valence-electron chi connectivity index (χ4n) is 1.40. The van der Waals surface area contributed by atoms with Crippen molar-refractivity contribution in [3.8, 4) is 0 Å². The summed E-state index contributed by atoms with van der Waals surface area (Å²) in [4.78, 5) is 7.88. The van der Waals surface area contributed by atoms with Crippen molar-refractivity contribution >= 4 is 12.4 Å². The molecule has 0 bridgehead atoms. The summed E-state index contributed by atoms with van der Waals surface area (Å²) < 4.78 is 0. The number of nitrogens with two attached hydrogens (primary N) is 1. The Morgan fingerprint density at radius 3 is 2.15 bits per heavy atom. The molecule has 0 aromatic carbocycles. The smallest absolute Gasteiger partial charge is 0.115 e. The Kier molecular flexibility index (Phi) is 4.30. The van der Waals surface area contributed by atoms with Crippen LogP contribution in [0.1, 0.15) is 32.3 Å². The van der Waals surface area contributed by atoms with Crippen LogP contribution in [-0.2, 0) is 5.54 Å². The fourth-order valence-corrected chi connectivity index (χ4v) is 1.40. The third-order valence-corrected chi connectivity index (χ3v) is 2.38. The SMILES string of the molecule is C.Cl.NC1(c2cncnc2)CCC1. The molecule has 2 N–H and O–H groups in total. The summed E-state index contributed by atoms with van der Waals surface area (Å²) in [5.74, 6) is 0. The van der Waals surface area contributed by atoms with Gasteiger partial charge in [0.1, 0.15) is 6.33 Å². The van der Waals surface area contributed by atoms with Crippen LogP contribution in [0, 0.1) is 0 Å². The van der Waals surface area contributed by atoms with Crippen LogP contribution in [0.4, 0.5) is 0 Å². The van der Waals surface area contributed by atoms with Crippen molar-refractivity contribution in [3.05, 3.63) is 24.3 Å². The predicted molar refractivity (Wildman–Crippen MR) is 55.7 cm³/mol. The van der Waals surface area contributed by atoms with Gasteiger partial charge in [0.25, 0.3) is 0 Å². The van der Waals surface area contributed by atoms with Crippen LogP contribution >= 0.6 is 12.4 Å². The average molecular weight is 202 g/mol. The molecule has 4 heteroatoms. The van der Waals surface area contributed by atoms with Gasteiger partial charge in [0.15, 0.2) is 0 Å². The molecule has 3 nitrogen and oxygen atoms in total. The molecule has 1 fully saturated rings. The van der Waals surface area contributed by atoms with Crippen molar-refractivity contribution in [3.63, 3.8) is 0 Å². The molecule has 1 aromatic heterocycles. The quantitative estimate of drug-likeness (QED) is 0.755. The monoisotopic (exact) mass is 201 g/mol. The van der Waals surface area contributed by atoms with Gasteiger partial charge in [0, 0.05) is 23.5 Å². The number of hydrogen-bond donors (Lipinski definition) is 1. The molecule has 0 unspecified atom stereocenters. The highest BCUT2D eigenvalue weighted by Crippen LogP contribution is 2.37. The van der Waals surface area contributed by atoms with E-state index in [0.717, 1.165) is 18.4 Å². The summed E-state index contributed by atoms with van der Waals surface area (Å²) in [5, 5.41) is 0. The van der Waals surface area contributed by atoms with Gasteiger partial charge in [0.05, 0.1) is 0 Å². The van der Waals surface area contributed by atoms with E-state index in [-0.39, 0.29) is 25.4 Å². The summed E-state index contributed by atoms with van der Waals surface area (Å²) in [6.07, 6.45) is 8.52. The first kappa shape index (κ1) is 12.3. The molecule has 0 radical (unpaired) electrons. The summed E-state index contributed by atoms with van der Waals surface area (Å²) in [6, 6.07) is 0. The lowest BCUT2D eigenvalue weighted by Crippen LogP contribution is -2.43. The van der Waals surface area contributed by atoms with Gasteiger partial charge in [-0.15, -0.1) is 12.4 Å². The summed E-state index contributed by atoms with van der Waals surface area (Å²) in [6.45, 7) is 0. The van der Waals surface area contributed by atoms with Crippen LogP contribution in [-0.4, -0.2) is 9.97 Å². The number of nitrogens with zero attached hydrogens (tertiary/aromatic N) is 2. The second-order valence-corrected chi connectivity index (χ2v) is 3.14. The van der Waals surface area contributed by atoms with Gasteiger partial charge in [-0.25, -0.2) is 9.97 Å². The Hall–Kier alpha value is -0.670. The molecular formula is C9H16ClN3. The van der Waals surface area contributed by atoms with Gasteiger partial charge in [-0.2, -0.15) is 0 Å². The van der Waals surface area contributed by atoms with E-state index in [2.05, 4.69) is 9.97 Å². The van der Waals surface area contributed by atoms with Crippen LogP contribution in [0.2, 0.25) is 0 Å². The fraction of sp³-hybridized carbons (Fsp3) is 0.556. The topological polar surface area (TPSA) is 51.8 Å². The first-order valence-electron chi connectivity index (χ1n) is 3.86. The molecule has 1 aliphatic carbocycles. The zero-order valence-electron chi connectivity index (χ0n) is 6.73. The number of halogens is 1. The maximum absolute atomic E-state index is 6.04. The minimum atomic E-state index is -0.110. The normalized spacial score (nSPS) is 17.6. The highest BCUT2D eigenvalue weighted by atomic mass is 35.5. The van der Waals surface area contributed by atoms with E-state index < -0.39 is 0 Å². The Morgan fingerprint density at radius 1 is 1.23 bits per heavy atom. The zero-order valence-corrected chi connectivity index (χ0v) is 7.55. The second kappa shape index (κ2) is 4.53. The third kappa shape index (κ3) is 2.17. The lowest BCUT2D eigenvalue weighted by molar-refractivity contribution is 0.252. The van der Waals surface area contributed by atoms with E-state index in [1.807, 2.05) is 12.4 Å². The Bertz CT molecular complexity index is 246. The van der Waals surface area contributed by atoms with Crippen molar-refractivity contribution in [1.29, 1.82) is 0 Å². The molecule has 0 spiro atoms. The molecular weight excluding hydrogens is 186 g/mol.